The third kappa shape index (κ3) is 1.45. The number of hydrogen-bond acceptors (Lipinski definition) is 3. The number of anilines is 2. The van der Waals surface area contributed by atoms with Gasteiger partial charge in [-0.15, -0.1) is 0 Å². The predicted octanol–water partition coefficient (Wildman–Crippen LogP) is 2.68. The second-order valence-corrected chi connectivity index (χ2v) is 5.06. The fraction of sp³-hybridized carbons (Fsp3) is 0.0769. The lowest BCUT2D eigenvalue weighted by molar-refractivity contribution is 0.225. The van der Waals surface area contributed by atoms with Crippen LogP contribution in [0.4, 0.5) is 11.4 Å². The summed E-state index contributed by atoms with van der Waals surface area (Å²) in [6, 6.07) is 9.33. The maximum absolute atomic E-state index is 10.2. The fourth-order valence-electron chi connectivity index (χ4n) is 2.29. The van der Waals surface area contributed by atoms with Crippen molar-refractivity contribution in [2.45, 2.75) is 6.10 Å². The molecule has 1 aliphatic rings. The molecule has 2 aromatic rings. The lowest BCUT2D eigenvalue weighted by Crippen LogP contribution is -1.96. The van der Waals surface area contributed by atoms with E-state index in [1.807, 2.05) is 24.3 Å². The highest BCUT2D eigenvalue weighted by atomic mass is 79.9. The summed E-state index contributed by atoms with van der Waals surface area (Å²) in [7, 11) is 0. The van der Waals surface area contributed by atoms with Gasteiger partial charge < -0.3 is 16.6 Å². The molecule has 5 N–H and O–H groups in total. The second kappa shape index (κ2) is 3.48. The minimum absolute atomic E-state index is 0.628. The van der Waals surface area contributed by atoms with Crippen LogP contribution in [0.3, 0.4) is 0 Å². The van der Waals surface area contributed by atoms with Crippen molar-refractivity contribution in [3.63, 3.8) is 0 Å². The molecule has 3 rings (SSSR count). The van der Waals surface area contributed by atoms with E-state index in [0.29, 0.717) is 11.4 Å². The Morgan fingerprint density at radius 3 is 2.47 bits per heavy atom. The molecule has 17 heavy (non-hydrogen) atoms. The van der Waals surface area contributed by atoms with E-state index >= 15 is 0 Å². The third-order valence-electron chi connectivity index (χ3n) is 3.12. The number of benzene rings is 2. The summed E-state index contributed by atoms with van der Waals surface area (Å²) in [5.74, 6) is 0. The van der Waals surface area contributed by atoms with Crippen LogP contribution in [0.5, 0.6) is 0 Å². The molecule has 0 bridgehead atoms. The minimum atomic E-state index is -0.640. The number of nitrogens with two attached hydrogens (primary N) is 2. The van der Waals surface area contributed by atoms with Gasteiger partial charge in [-0.3, -0.25) is 0 Å². The molecule has 3 nitrogen and oxygen atoms in total. The summed E-state index contributed by atoms with van der Waals surface area (Å²) in [6.45, 7) is 0. The van der Waals surface area contributed by atoms with E-state index in [0.717, 1.165) is 26.7 Å². The van der Waals surface area contributed by atoms with Gasteiger partial charge in [-0.2, -0.15) is 0 Å². The Morgan fingerprint density at radius 2 is 1.71 bits per heavy atom. The molecule has 0 amide bonds. The quantitative estimate of drug-likeness (QED) is 0.653. The highest BCUT2D eigenvalue weighted by molar-refractivity contribution is 9.10. The van der Waals surface area contributed by atoms with E-state index in [4.69, 9.17) is 11.5 Å². The van der Waals surface area contributed by atoms with Crippen molar-refractivity contribution in [2.75, 3.05) is 11.5 Å². The van der Waals surface area contributed by atoms with Gasteiger partial charge in [0.05, 0.1) is 0 Å². The highest BCUT2D eigenvalue weighted by Crippen LogP contribution is 2.46. The Labute approximate surface area is 107 Å². The topological polar surface area (TPSA) is 72.3 Å². The van der Waals surface area contributed by atoms with Gasteiger partial charge in [0.15, 0.2) is 0 Å². The molecular formula is C13H11BrN2O. The van der Waals surface area contributed by atoms with Crippen molar-refractivity contribution >= 4 is 27.3 Å². The summed E-state index contributed by atoms with van der Waals surface area (Å²) >= 11 is 3.40. The molecule has 2 aromatic carbocycles. The molecule has 0 unspecified atom stereocenters. The number of rotatable bonds is 0. The monoisotopic (exact) mass is 290 g/mol. The fourth-order valence-corrected chi connectivity index (χ4v) is 2.63. The smallest absolute Gasteiger partial charge is 0.105 e. The summed E-state index contributed by atoms with van der Waals surface area (Å²) in [4.78, 5) is 0. The van der Waals surface area contributed by atoms with Crippen LogP contribution in [0, 0.1) is 0 Å². The van der Waals surface area contributed by atoms with Crippen molar-refractivity contribution in [1.82, 2.24) is 0 Å². The Bertz CT molecular complexity index is 625. The Hall–Kier alpha value is -1.52. The van der Waals surface area contributed by atoms with Crippen molar-refractivity contribution < 1.29 is 5.11 Å². The standard InChI is InChI=1S/C13H11BrN2O/c14-11-4-8-7-2-1-6(15)3-9(7)13(17)10(8)5-12(11)16/h1-5,13,17H,15-16H2/t13-/m0/s1. The number of hydrogen-bond donors (Lipinski definition) is 3. The number of aliphatic hydroxyl groups is 1. The molecule has 0 spiro atoms. The van der Waals surface area contributed by atoms with Crippen molar-refractivity contribution in [3.05, 3.63) is 45.9 Å². The van der Waals surface area contributed by atoms with Crippen LogP contribution in [0.15, 0.2) is 34.8 Å². The number of aliphatic hydroxyl groups excluding tert-OH is 1. The van der Waals surface area contributed by atoms with Gasteiger partial charge in [-0.25, -0.2) is 0 Å². The largest absolute Gasteiger partial charge is 0.399 e. The third-order valence-corrected chi connectivity index (χ3v) is 3.81. The Kier molecular flexibility index (Phi) is 2.18. The van der Waals surface area contributed by atoms with E-state index in [1.165, 1.54) is 0 Å². The normalized spacial score (nSPS) is 16.7. The maximum atomic E-state index is 10.2. The molecule has 0 fully saturated rings. The lowest BCUT2D eigenvalue weighted by atomic mass is 10.1. The first-order valence-electron chi connectivity index (χ1n) is 5.24. The summed E-state index contributed by atoms with van der Waals surface area (Å²) < 4.78 is 0.841. The molecule has 0 saturated carbocycles. The number of halogens is 1. The van der Waals surface area contributed by atoms with Crippen LogP contribution in [-0.2, 0) is 0 Å². The molecule has 86 valence electrons. The van der Waals surface area contributed by atoms with Crippen LogP contribution in [0.1, 0.15) is 17.2 Å². The van der Waals surface area contributed by atoms with Crippen molar-refractivity contribution in [2.24, 2.45) is 0 Å². The first kappa shape index (κ1) is 10.6. The highest BCUT2D eigenvalue weighted by Gasteiger charge is 2.27. The zero-order valence-electron chi connectivity index (χ0n) is 8.94. The van der Waals surface area contributed by atoms with Crippen molar-refractivity contribution in [1.29, 1.82) is 0 Å². The zero-order chi connectivity index (χ0) is 12.2. The van der Waals surface area contributed by atoms with E-state index < -0.39 is 6.10 Å². The molecule has 4 heteroatoms. The van der Waals surface area contributed by atoms with Gasteiger partial charge >= 0.3 is 0 Å². The molecular weight excluding hydrogens is 280 g/mol. The molecule has 0 saturated heterocycles. The Morgan fingerprint density at radius 1 is 1.00 bits per heavy atom. The van der Waals surface area contributed by atoms with Gasteiger partial charge in [0, 0.05) is 15.8 Å². The number of nitrogen functional groups attached to an aromatic ring is 2. The van der Waals surface area contributed by atoms with E-state index in [2.05, 4.69) is 15.9 Å². The molecule has 1 aliphatic carbocycles. The first-order chi connectivity index (χ1) is 8.08. The average Bonchev–Trinajstić information content (AvgIpc) is 2.54. The summed E-state index contributed by atoms with van der Waals surface area (Å²) in [6.07, 6.45) is -0.640. The van der Waals surface area contributed by atoms with Gasteiger partial charge in [-0.1, -0.05) is 6.07 Å². The van der Waals surface area contributed by atoms with Crippen LogP contribution >= 0.6 is 15.9 Å². The van der Waals surface area contributed by atoms with Crippen LogP contribution in [0.25, 0.3) is 11.1 Å². The minimum Gasteiger partial charge on any atom is -0.399 e. The second-order valence-electron chi connectivity index (χ2n) is 4.21. The van der Waals surface area contributed by atoms with E-state index in [-0.39, 0.29) is 0 Å². The van der Waals surface area contributed by atoms with Crippen LogP contribution in [0.2, 0.25) is 0 Å². The molecule has 0 aliphatic heterocycles. The van der Waals surface area contributed by atoms with Crippen LogP contribution < -0.4 is 11.5 Å². The molecule has 0 radical (unpaired) electrons. The Balaban J connectivity index is 2.31. The molecule has 0 heterocycles. The predicted molar refractivity (Wildman–Crippen MR) is 72.5 cm³/mol. The van der Waals surface area contributed by atoms with Gasteiger partial charge in [0.1, 0.15) is 6.10 Å². The summed E-state index contributed by atoms with van der Waals surface area (Å²) in [5, 5.41) is 10.2. The van der Waals surface area contributed by atoms with Gasteiger partial charge in [-0.05, 0) is 62.4 Å². The molecule has 0 aromatic heterocycles. The SMILES string of the molecule is Nc1ccc2c(c1)[C@H](O)c1cc(N)c(Br)cc1-2. The lowest BCUT2D eigenvalue weighted by Gasteiger charge is -2.07. The zero-order valence-corrected chi connectivity index (χ0v) is 10.5. The van der Waals surface area contributed by atoms with Gasteiger partial charge in [0.25, 0.3) is 0 Å². The maximum Gasteiger partial charge on any atom is 0.105 e. The first-order valence-corrected chi connectivity index (χ1v) is 6.04. The van der Waals surface area contributed by atoms with Gasteiger partial charge in [0.2, 0.25) is 0 Å². The van der Waals surface area contributed by atoms with Crippen molar-refractivity contribution in [3.8, 4) is 11.1 Å². The summed E-state index contributed by atoms with van der Waals surface area (Å²) in [5.41, 5.74) is 16.6. The van der Waals surface area contributed by atoms with E-state index in [1.54, 1.807) is 6.07 Å². The average molecular weight is 291 g/mol. The molecule has 1 atom stereocenters. The number of fused-ring (bicyclic) bond motifs is 3. The van der Waals surface area contributed by atoms with Crippen LogP contribution in [-0.4, -0.2) is 5.11 Å². The van der Waals surface area contributed by atoms with E-state index in [9.17, 15) is 5.11 Å².